The van der Waals surface area contributed by atoms with Crippen LogP contribution in [0.25, 0.3) is 5.65 Å². The van der Waals surface area contributed by atoms with Crippen molar-refractivity contribution in [3.05, 3.63) is 99.1 Å². The second-order valence-electron chi connectivity index (χ2n) is 9.45. The molecule has 0 spiro atoms. The van der Waals surface area contributed by atoms with Crippen LogP contribution >= 0.6 is 0 Å². The Kier molecular flexibility index (Phi) is 6.26. The molecule has 0 atom stereocenters. The lowest BCUT2D eigenvalue weighted by atomic mass is 10.0. The largest absolute Gasteiger partial charge is 0.329 e. The molecule has 1 N–H and O–H groups in total. The minimum atomic E-state index is -0.264. The van der Waals surface area contributed by atoms with E-state index >= 15 is 0 Å². The summed E-state index contributed by atoms with van der Waals surface area (Å²) in [6.07, 6.45) is 2.26. The smallest absolute Gasteiger partial charge is 0.279 e. The number of benzene rings is 2. The van der Waals surface area contributed by atoms with Crippen molar-refractivity contribution in [3.63, 3.8) is 0 Å². The summed E-state index contributed by atoms with van der Waals surface area (Å²) in [6, 6.07) is 18.2. The van der Waals surface area contributed by atoms with E-state index in [0.29, 0.717) is 30.2 Å². The number of nitrogens with one attached hydrogen (secondary N) is 1. The van der Waals surface area contributed by atoms with Gasteiger partial charge in [-0.05, 0) is 36.1 Å². The Bertz CT molecular complexity index is 1420. The SMILES string of the molecule is CCn1c2c(c(=O)n3ncc(C(=O)Nc4ccc(C(C)C)cc4)c13)CN(Cc1ccccc1)CC2. The van der Waals surface area contributed by atoms with Gasteiger partial charge in [-0.2, -0.15) is 9.61 Å². The van der Waals surface area contributed by atoms with Crippen LogP contribution < -0.4 is 10.9 Å². The number of fused-ring (bicyclic) bond motifs is 2. The fraction of sp³-hybridized carbons (Fsp3) is 0.321. The molecule has 0 unspecified atom stereocenters. The second kappa shape index (κ2) is 9.50. The van der Waals surface area contributed by atoms with Gasteiger partial charge in [-0.3, -0.25) is 14.5 Å². The first-order valence-corrected chi connectivity index (χ1v) is 12.3. The molecular weight excluding hydrogens is 438 g/mol. The highest BCUT2D eigenvalue weighted by Crippen LogP contribution is 2.23. The molecule has 0 fully saturated rings. The standard InChI is InChI=1S/C28H31N5O2/c1-4-32-25-14-15-31(17-20-8-6-5-7-9-20)18-24(25)28(35)33-27(32)23(16-29-33)26(34)30-22-12-10-21(11-13-22)19(2)3/h5-13,16,19H,4,14-15,17-18H2,1-3H3,(H,30,34). The number of aromatic nitrogens is 3. The number of hydrogen-bond acceptors (Lipinski definition) is 4. The van der Waals surface area contributed by atoms with Crippen molar-refractivity contribution in [2.75, 3.05) is 11.9 Å². The highest BCUT2D eigenvalue weighted by atomic mass is 16.2. The van der Waals surface area contributed by atoms with Crippen LogP contribution in [0.3, 0.4) is 0 Å². The van der Waals surface area contributed by atoms with Gasteiger partial charge in [-0.25, -0.2) is 0 Å². The van der Waals surface area contributed by atoms with Crippen molar-refractivity contribution < 1.29 is 4.79 Å². The number of anilines is 1. The van der Waals surface area contributed by atoms with Crippen LogP contribution in [0.15, 0.2) is 65.6 Å². The van der Waals surface area contributed by atoms with E-state index in [4.69, 9.17) is 0 Å². The van der Waals surface area contributed by atoms with Gasteiger partial charge < -0.3 is 9.88 Å². The number of aryl methyl sites for hydroxylation is 1. The Balaban J connectivity index is 1.47. The van der Waals surface area contributed by atoms with Crippen LogP contribution in [0.5, 0.6) is 0 Å². The Hall–Kier alpha value is -3.71. The average Bonchev–Trinajstić information content (AvgIpc) is 3.31. The third kappa shape index (κ3) is 4.39. The lowest BCUT2D eigenvalue weighted by Crippen LogP contribution is -2.38. The predicted octanol–water partition coefficient (Wildman–Crippen LogP) is 4.45. The molecule has 2 aromatic carbocycles. The highest BCUT2D eigenvalue weighted by Gasteiger charge is 2.27. The molecule has 0 bridgehead atoms. The Morgan fingerprint density at radius 1 is 1.09 bits per heavy atom. The molecule has 3 heterocycles. The molecule has 0 aliphatic carbocycles. The molecule has 1 amide bonds. The lowest BCUT2D eigenvalue weighted by molar-refractivity contribution is 0.102. The third-order valence-corrected chi connectivity index (χ3v) is 6.82. The molecule has 7 heteroatoms. The van der Waals surface area contributed by atoms with Crippen molar-refractivity contribution >= 4 is 17.2 Å². The quantitative estimate of drug-likeness (QED) is 0.453. The maximum atomic E-state index is 13.5. The normalized spacial score (nSPS) is 13.8. The monoisotopic (exact) mass is 469 g/mol. The summed E-state index contributed by atoms with van der Waals surface area (Å²) in [4.78, 5) is 29.0. The molecule has 180 valence electrons. The van der Waals surface area contributed by atoms with Crippen LogP contribution in [0, 0.1) is 0 Å². The van der Waals surface area contributed by atoms with E-state index in [9.17, 15) is 9.59 Å². The van der Waals surface area contributed by atoms with E-state index in [1.165, 1.54) is 21.8 Å². The predicted molar refractivity (Wildman–Crippen MR) is 138 cm³/mol. The molecule has 0 radical (unpaired) electrons. The fourth-order valence-electron chi connectivity index (χ4n) is 4.93. The Morgan fingerprint density at radius 3 is 2.51 bits per heavy atom. The topological polar surface area (TPSA) is 71.6 Å². The van der Waals surface area contributed by atoms with Crippen LogP contribution in [-0.2, 0) is 26.1 Å². The molecule has 5 rings (SSSR count). The van der Waals surface area contributed by atoms with Crippen LogP contribution in [0.1, 0.15) is 59.4 Å². The number of carbonyl (C=O) groups is 1. The molecule has 2 aromatic heterocycles. The summed E-state index contributed by atoms with van der Waals surface area (Å²) in [5.74, 6) is 0.161. The van der Waals surface area contributed by atoms with Gasteiger partial charge in [0.25, 0.3) is 11.5 Å². The molecule has 7 nitrogen and oxygen atoms in total. The maximum Gasteiger partial charge on any atom is 0.279 e. The van der Waals surface area contributed by atoms with Crippen molar-refractivity contribution in [2.24, 2.45) is 0 Å². The van der Waals surface area contributed by atoms with E-state index in [1.54, 1.807) is 0 Å². The molecule has 35 heavy (non-hydrogen) atoms. The van der Waals surface area contributed by atoms with Gasteiger partial charge in [0.2, 0.25) is 0 Å². The summed E-state index contributed by atoms with van der Waals surface area (Å²) >= 11 is 0. The van der Waals surface area contributed by atoms with Gasteiger partial charge in [0.15, 0.2) is 5.65 Å². The van der Waals surface area contributed by atoms with Gasteiger partial charge in [0.1, 0.15) is 5.56 Å². The number of nitrogens with zero attached hydrogens (tertiary/aromatic N) is 4. The van der Waals surface area contributed by atoms with Gasteiger partial charge in [-0.1, -0.05) is 56.3 Å². The number of amides is 1. The Morgan fingerprint density at radius 2 is 1.83 bits per heavy atom. The zero-order valence-corrected chi connectivity index (χ0v) is 20.5. The third-order valence-electron chi connectivity index (χ3n) is 6.82. The van der Waals surface area contributed by atoms with Crippen LogP contribution in [0.2, 0.25) is 0 Å². The molecule has 0 saturated carbocycles. The van der Waals surface area contributed by atoms with Gasteiger partial charge in [0.05, 0.1) is 11.8 Å². The summed E-state index contributed by atoms with van der Waals surface area (Å²) in [5, 5.41) is 7.32. The van der Waals surface area contributed by atoms with Crippen molar-refractivity contribution in [1.82, 2.24) is 19.1 Å². The fourth-order valence-corrected chi connectivity index (χ4v) is 4.93. The van der Waals surface area contributed by atoms with Gasteiger partial charge >= 0.3 is 0 Å². The zero-order chi connectivity index (χ0) is 24.5. The zero-order valence-electron chi connectivity index (χ0n) is 20.5. The van der Waals surface area contributed by atoms with Gasteiger partial charge in [0, 0.05) is 44.0 Å². The summed E-state index contributed by atoms with van der Waals surface area (Å²) in [6.45, 7) is 9.20. The van der Waals surface area contributed by atoms with Crippen molar-refractivity contribution in [3.8, 4) is 0 Å². The molecule has 1 aliphatic heterocycles. The summed E-state index contributed by atoms with van der Waals surface area (Å²) in [5.41, 5.74) is 5.76. The highest BCUT2D eigenvalue weighted by molar-refractivity contribution is 6.08. The first-order valence-electron chi connectivity index (χ1n) is 12.3. The molecular formula is C28H31N5O2. The van der Waals surface area contributed by atoms with Crippen LogP contribution in [0.4, 0.5) is 5.69 Å². The van der Waals surface area contributed by atoms with E-state index in [1.807, 2.05) is 49.4 Å². The summed E-state index contributed by atoms with van der Waals surface area (Å²) in [7, 11) is 0. The van der Waals surface area contributed by atoms with E-state index in [0.717, 1.165) is 36.5 Å². The van der Waals surface area contributed by atoms with Crippen LogP contribution in [-0.4, -0.2) is 31.5 Å². The van der Waals surface area contributed by atoms with Gasteiger partial charge in [-0.15, -0.1) is 0 Å². The Labute approximate surface area is 205 Å². The first kappa shape index (κ1) is 23.1. The molecule has 1 aliphatic rings. The summed E-state index contributed by atoms with van der Waals surface area (Å²) < 4.78 is 3.48. The second-order valence-corrected chi connectivity index (χ2v) is 9.45. The minimum Gasteiger partial charge on any atom is -0.329 e. The number of rotatable bonds is 6. The average molecular weight is 470 g/mol. The number of carbonyl (C=O) groups excluding carboxylic acids is 1. The molecule has 0 saturated heterocycles. The minimum absolute atomic E-state index is 0.141. The molecule has 4 aromatic rings. The maximum absolute atomic E-state index is 13.5. The number of hydrogen-bond donors (Lipinski definition) is 1. The first-order chi connectivity index (χ1) is 17.0. The lowest BCUT2D eigenvalue weighted by Gasteiger charge is -2.30. The van der Waals surface area contributed by atoms with Crippen molar-refractivity contribution in [1.29, 1.82) is 0 Å². The van der Waals surface area contributed by atoms with E-state index in [2.05, 4.69) is 45.9 Å². The van der Waals surface area contributed by atoms with E-state index in [-0.39, 0.29) is 11.5 Å². The van der Waals surface area contributed by atoms with E-state index < -0.39 is 0 Å². The van der Waals surface area contributed by atoms with Crippen molar-refractivity contribution in [2.45, 2.75) is 52.7 Å².